The second-order valence-electron chi connectivity index (χ2n) is 14.7. The molecule has 0 N–H and O–H groups in total. The first-order valence-electron chi connectivity index (χ1n) is 19.6. The molecular formula is C50H52F2O5. The minimum atomic E-state index is -0.768. The minimum absolute atomic E-state index is 0.264. The highest BCUT2D eigenvalue weighted by atomic mass is 19.1. The van der Waals surface area contributed by atoms with Gasteiger partial charge in [-0.25, -0.2) is 8.78 Å². The van der Waals surface area contributed by atoms with Gasteiger partial charge < -0.3 is 23.7 Å². The molecule has 5 nitrogen and oxygen atoms in total. The third kappa shape index (κ3) is 10.8. The summed E-state index contributed by atoms with van der Waals surface area (Å²) < 4.78 is 61.3. The molecule has 6 aromatic rings. The summed E-state index contributed by atoms with van der Waals surface area (Å²) in [6, 6.07) is 48.8. The molecule has 0 amide bonds. The Morgan fingerprint density at radius 2 is 0.754 bits per heavy atom. The van der Waals surface area contributed by atoms with Crippen LogP contribution in [0.3, 0.4) is 0 Å². The van der Waals surface area contributed by atoms with Gasteiger partial charge in [0, 0.05) is 0 Å². The van der Waals surface area contributed by atoms with Crippen LogP contribution in [-0.2, 0) is 28.4 Å². The number of benzene rings is 6. The zero-order valence-electron chi connectivity index (χ0n) is 33.2. The topological polar surface area (TPSA) is 46.2 Å². The molecule has 0 fully saturated rings. The van der Waals surface area contributed by atoms with Crippen LogP contribution in [0.5, 0.6) is 23.0 Å². The predicted octanol–water partition coefficient (Wildman–Crippen LogP) is 11.4. The van der Waals surface area contributed by atoms with Crippen LogP contribution >= 0.6 is 0 Å². The van der Waals surface area contributed by atoms with Gasteiger partial charge >= 0.3 is 0 Å². The molecular weight excluding hydrogens is 719 g/mol. The SMILES string of the molecule is CCOc1ccc(C(C)(COc2ccccc2)C(Cc2ccc(F)cc2)OC(Cc2ccc(F)cc2)C(C)(COc2ccccc2)c2ccc(OCC)cc2)cc1. The van der Waals surface area contributed by atoms with E-state index < -0.39 is 23.0 Å². The smallest absolute Gasteiger partial charge is 0.123 e. The Morgan fingerprint density at radius 1 is 0.421 bits per heavy atom. The van der Waals surface area contributed by atoms with Gasteiger partial charge in [0.25, 0.3) is 0 Å². The van der Waals surface area contributed by atoms with Crippen molar-refractivity contribution in [1.82, 2.24) is 0 Å². The summed E-state index contributed by atoms with van der Waals surface area (Å²) in [5, 5.41) is 0. The first kappa shape index (κ1) is 41.0. The number of para-hydroxylation sites is 2. The van der Waals surface area contributed by atoms with Crippen molar-refractivity contribution in [2.75, 3.05) is 26.4 Å². The highest BCUT2D eigenvalue weighted by Gasteiger charge is 2.45. The Hall–Kier alpha value is -5.66. The predicted molar refractivity (Wildman–Crippen MR) is 223 cm³/mol. The van der Waals surface area contributed by atoms with Crippen LogP contribution in [0, 0.1) is 11.6 Å². The monoisotopic (exact) mass is 770 g/mol. The Labute approximate surface area is 336 Å². The lowest BCUT2D eigenvalue weighted by molar-refractivity contribution is -0.0963. The van der Waals surface area contributed by atoms with Crippen LogP contribution in [0.1, 0.15) is 49.9 Å². The van der Waals surface area contributed by atoms with Gasteiger partial charge in [-0.1, -0.05) is 84.9 Å². The summed E-state index contributed by atoms with van der Waals surface area (Å²) in [5.74, 6) is 2.36. The fourth-order valence-electron chi connectivity index (χ4n) is 7.14. The second kappa shape index (κ2) is 19.5. The van der Waals surface area contributed by atoms with Crippen molar-refractivity contribution in [2.24, 2.45) is 0 Å². The van der Waals surface area contributed by atoms with E-state index in [2.05, 4.69) is 38.1 Å². The van der Waals surface area contributed by atoms with Gasteiger partial charge in [-0.3, -0.25) is 0 Å². The molecule has 4 unspecified atom stereocenters. The van der Waals surface area contributed by atoms with E-state index in [1.807, 2.05) is 123 Å². The molecule has 0 aliphatic rings. The van der Waals surface area contributed by atoms with Crippen molar-refractivity contribution in [3.63, 3.8) is 0 Å². The first-order chi connectivity index (χ1) is 27.7. The molecule has 0 bridgehead atoms. The van der Waals surface area contributed by atoms with Crippen LogP contribution in [0.2, 0.25) is 0 Å². The lowest BCUT2D eigenvalue weighted by Gasteiger charge is -2.45. The minimum Gasteiger partial charge on any atom is -0.494 e. The zero-order chi connectivity index (χ0) is 40.1. The van der Waals surface area contributed by atoms with Gasteiger partial charge in [0.1, 0.15) is 47.8 Å². The van der Waals surface area contributed by atoms with Crippen molar-refractivity contribution < 1.29 is 32.5 Å². The van der Waals surface area contributed by atoms with E-state index in [1.165, 1.54) is 24.3 Å². The second-order valence-corrected chi connectivity index (χ2v) is 14.7. The number of hydrogen-bond acceptors (Lipinski definition) is 5. The average molecular weight is 771 g/mol. The number of halogens is 2. The normalized spacial score (nSPS) is 14.4. The molecule has 0 radical (unpaired) electrons. The molecule has 0 aromatic heterocycles. The Morgan fingerprint density at radius 3 is 1.09 bits per heavy atom. The molecule has 0 saturated carbocycles. The van der Waals surface area contributed by atoms with Gasteiger partial charge in [-0.05, 0) is 136 Å². The molecule has 0 heterocycles. The molecule has 7 heteroatoms. The Balaban J connectivity index is 1.50. The van der Waals surface area contributed by atoms with E-state index >= 15 is 0 Å². The van der Waals surface area contributed by atoms with Crippen LogP contribution in [0.15, 0.2) is 158 Å². The molecule has 0 spiro atoms. The molecule has 6 rings (SSSR count). The van der Waals surface area contributed by atoms with Crippen molar-refractivity contribution in [3.05, 3.63) is 192 Å². The largest absolute Gasteiger partial charge is 0.494 e. The summed E-state index contributed by atoms with van der Waals surface area (Å²) in [6.45, 7) is 9.85. The van der Waals surface area contributed by atoms with Crippen LogP contribution in [0.4, 0.5) is 8.78 Å². The quantitative estimate of drug-likeness (QED) is 0.0774. The first-order valence-corrected chi connectivity index (χ1v) is 19.6. The summed E-state index contributed by atoms with van der Waals surface area (Å²) >= 11 is 0. The van der Waals surface area contributed by atoms with E-state index in [0.717, 1.165) is 45.3 Å². The average Bonchev–Trinajstić information content (AvgIpc) is 3.24. The highest BCUT2D eigenvalue weighted by molar-refractivity contribution is 5.37. The molecule has 296 valence electrons. The van der Waals surface area contributed by atoms with Gasteiger partial charge in [-0.2, -0.15) is 0 Å². The van der Waals surface area contributed by atoms with Gasteiger partial charge in [-0.15, -0.1) is 0 Å². The summed E-state index contributed by atoms with van der Waals surface area (Å²) in [5.41, 5.74) is 2.24. The molecule has 0 saturated heterocycles. The van der Waals surface area contributed by atoms with Crippen LogP contribution < -0.4 is 18.9 Å². The number of hydrogen-bond donors (Lipinski definition) is 0. The van der Waals surface area contributed by atoms with E-state index in [4.69, 9.17) is 23.7 Å². The van der Waals surface area contributed by atoms with E-state index in [-0.39, 0.29) is 24.8 Å². The molecule has 0 aliphatic heterocycles. The maximum atomic E-state index is 14.3. The molecule has 4 atom stereocenters. The fraction of sp³-hybridized carbons (Fsp3) is 0.280. The number of ether oxygens (including phenoxy) is 5. The third-order valence-corrected chi connectivity index (χ3v) is 10.6. The lowest BCUT2D eigenvalue weighted by atomic mass is 9.73. The molecule has 0 aliphatic carbocycles. The maximum Gasteiger partial charge on any atom is 0.123 e. The van der Waals surface area contributed by atoms with Gasteiger partial charge in [0.05, 0.1) is 36.3 Å². The van der Waals surface area contributed by atoms with E-state index in [9.17, 15) is 8.78 Å². The third-order valence-electron chi connectivity index (χ3n) is 10.6. The molecule has 57 heavy (non-hydrogen) atoms. The van der Waals surface area contributed by atoms with Crippen molar-refractivity contribution in [2.45, 2.75) is 63.6 Å². The summed E-state index contributed by atoms with van der Waals surface area (Å²) in [7, 11) is 0. The van der Waals surface area contributed by atoms with E-state index in [0.29, 0.717) is 26.1 Å². The van der Waals surface area contributed by atoms with Crippen molar-refractivity contribution in [3.8, 4) is 23.0 Å². The van der Waals surface area contributed by atoms with Crippen LogP contribution in [0.25, 0.3) is 0 Å². The van der Waals surface area contributed by atoms with Crippen LogP contribution in [-0.4, -0.2) is 38.6 Å². The van der Waals surface area contributed by atoms with E-state index in [1.54, 1.807) is 0 Å². The number of rotatable bonds is 20. The van der Waals surface area contributed by atoms with Crippen molar-refractivity contribution >= 4 is 0 Å². The fourth-order valence-corrected chi connectivity index (χ4v) is 7.14. The highest BCUT2D eigenvalue weighted by Crippen LogP contribution is 2.40. The summed E-state index contributed by atoms with van der Waals surface area (Å²) in [4.78, 5) is 0. The van der Waals surface area contributed by atoms with Gasteiger partial charge in [0.15, 0.2) is 0 Å². The van der Waals surface area contributed by atoms with Crippen molar-refractivity contribution in [1.29, 1.82) is 0 Å². The standard InChI is InChI=1S/C50H52F2O5/c1-5-53-45-29-21-39(22-30-45)49(3,35-55-43-13-9-7-10-14-43)47(33-37-17-25-41(51)26-18-37)57-48(34-38-19-27-42(52)28-20-38)50(4,36-56-44-15-11-8-12-16-44)40-23-31-46(32-24-40)54-6-2/h7-32,47-48H,5-6,33-36H2,1-4H3. The lowest BCUT2D eigenvalue weighted by Crippen LogP contribution is -2.52. The summed E-state index contributed by atoms with van der Waals surface area (Å²) in [6.07, 6.45) is -0.204. The van der Waals surface area contributed by atoms with Gasteiger partial charge in [0.2, 0.25) is 0 Å². The molecule has 6 aromatic carbocycles. The Bertz CT molecular complexity index is 1920. The zero-order valence-corrected chi connectivity index (χ0v) is 33.2. The maximum absolute atomic E-state index is 14.3. The Kier molecular flexibility index (Phi) is 14.0.